The van der Waals surface area contributed by atoms with Gasteiger partial charge >= 0.3 is 0 Å². The van der Waals surface area contributed by atoms with Gasteiger partial charge in [-0.3, -0.25) is 5.32 Å². The number of nitrogens with one attached hydrogen (secondary N) is 1. The Hall–Kier alpha value is -0.0800. The molecule has 1 aliphatic rings. The summed E-state index contributed by atoms with van der Waals surface area (Å²) < 4.78 is 5.00. The van der Waals surface area contributed by atoms with Gasteiger partial charge in [-0.15, -0.1) is 0 Å². The molecule has 42 valence electrons. The summed E-state index contributed by atoms with van der Waals surface area (Å²) in [6, 6.07) is 0. The van der Waals surface area contributed by atoms with Gasteiger partial charge in [0.25, 0.3) is 0 Å². The molecule has 2 heteroatoms. The van der Waals surface area contributed by atoms with Gasteiger partial charge in [0.1, 0.15) is 6.23 Å². The second kappa shape index (κ2) is 2.28. The predicted molar refractivity (Wildman–Crippen MR) is 28.0 cm³/mol. The van der Waals surface area contributed by atoms with Gasteiger partial charge in [-0.2, -0.15) is 0 Å². The van der Waals surface area contributed by atoms with Crippen molar-refractivity contribution >= 4 is 0 Å². The third kappa shape index (κ3) is 1.14. The van der Waals surface area contributed by atoms with Crippen molar-refractivity contribution in [3.63, 3.8) is 0 Å². The molecule has 0 saturated carbocycles. The summed E-state index contributed by atoms with van der Waals surface area (Å²) in [5, 5.41) is 3.18. The molecule has 1 atom stereocenters. The monoisotopic (exact) mass is 101 g/mol. The lowest BCUT2D eigenvalue weighted by Crippen LogP contribution is -2.22. The smallest absolute Gasteiger partial charge is 0.107 e. The first-order chi connectivity index (χ1) is 3.43. The lowest BCUT2D eigenvalue weighted by atomic mass is 10.4. The quantitative estimate of drug-likeness (QED) is 0.514. The van der Waals surface area contributed by atoms with Crippen LogP contribution in [0.25, 0.3) is 0 Å². The molecule has 0 aromatic carbocycles. The second-order valence-electron chi connectivity index (χ2n) is 1.82. The zero-order chi connectivity index (χ0) is 5.11. The number of methoxy groups -OCH3 is 1. The van der Waals surface area contributed by atoms with Gasteiger partial charge in [0.15, 0.2) is 0 Å². The summed E-state index contributed by atoms with van der Waals surface area (Å²) in [7, 11) is 1.74. The van der Waals surface area contributed by atoms with Gasteiger partial charge in [0.05, 0.1) is 0 Å². The van der Waals surface area contributed by atoms with Crippen molar-refractivity contribution in [2.45, 2.75) is 19.1 Å². The number of hydrogen-bond donors (Lipinski definition) is 1. The molecule has 2 nitrogen and oxygen atoms in total. The van der Waals surface area contributed by atoms with Crippen molar-refractivity contribution in [3.05, 3.63) is 0 Å². The standard InChI is InChI=1S/C5H11NO/c1-7-5-3-2-4-6-5/h5-6H,2-4H2,1H3/t5-/m0/s1. The Balaban J connectivity index is 2.14. The number of ether oxygens (including phenoxy) is 1. The van der Waals surface area contributed by atoms with E-state index in [0.717, 1.165) is 6.54 Å². The van der Waals surface area contributed by atoms with E-state index < -0.39 is 0 Å². The fourth-order valence-corrected chi connectivity index (χ4v) is 0.854. The van der Waals surface area contributed by atoms with Crippen LogP contribution in [-0.4, -0.2) is 19.9 Å². The summed E-state index contributed by atoms with van der Waals surface area (Å²) in [6.45, 7) is 1.12. The van der Waals surface area contributed by atoms with E-state index in [1.807, 2.05) is 0 Å². The molecule has 1 N–H and O–H groups in total. The van der Waals surface area contributed by atoms with Gasteiger partial charge in [-0.25, -0.2) is 0 Å². The topological polar surface area (TPSA) is 21.3 Å². The van der Waals surface area contributed by atoms with Crippen LogP contribution in [0.1, 0.15) is 12.8 Å². The van der Waals surface area contributed by atoms with E-state index in [4.69, 9.17) is 4.74 Å². The van der Waals surface area contributed by atoms with E-state index in [2.05, 4.69) is 5.32 Å². The van der Waals surface area contributed by atoms with Crippen LogP contribution >= 0.6 is 0 Å². The fraction of sp³-hybridized carbons (Fsp3) is 1.00. The van der Waals surface area contributed by atoms with Gasteiger partial charge in [-0.05, 0) is 19.4 Å². The van der Waals surface area contributed by atoms with Gasteiger partial charge in [0.2, 0.25) is 0 Å². The summed E-state index contributed by atoms with van der Waals surface area (Å²) in [6.07, 6.45) is 2.79. The van der Waals surface area contributed by atoms with Crippen molar-refractivity contribution in [2.75, 3.05) is 13.7 Å². The SMILES string of the molecule is CO[C@H]1CCCN1. The molecule has 0 radical (unpaired) electrons. The van der Waals surface area contributed by atoms with Crippen LogP contribution in [0.3, 0.4) is 0 Å². The average Bonchev–Trinajstić information content (AvgIpc) is 2.14. The Morgan fingerprint density at radius 1 is 1.71 bits per heavy atom. The molecule has 1 aliphatic heterocycles. The van der Waals surface area contributed by atoms with Gasteiger partial charge < -0.3 is 4.74 Å². The van der Waals surface area contributed by atoms with E-state index in [-0.39, 0.29) is 0 Å². The molecule has 0 amide bonds. The Morgan fingerprint density at radius 3 is 2.86 bits per heavy atom. The molecule has 0 aromatic rings. The molecule has 1 fully saturated rings. The third-order valence-electron chi connectivity index (χ3n) is 1.30. The Morgan fingerprint density at radius 2 is 2.57 bits per heavy atom. The molecule has 0 spiro atoms. The molecule has 0 unspecified atom stereocenters. The molecular weight excluding hydrogens is 90.1 g/mol. The zero-order valence-electron chi connectivity index (χ0n) is 4.61. The molecular formula is C5H11NO. The van der Waals surface area contributed by atoms with E-state index >= 15 is 0 Å². The lowest BCUT2D eigenvalue weighted by Gasteiger charge is -2.04. The minimum absolute atomic E-state index is 0.347. The van der Waals surface area contributed by atoms with Crippen molar-refractivity contribution < 1.29 is 4.74 Å². The van der Waals surface area contributed by atoms with Crippen LogP contribution in [0.5, 0.6) is 0 Å². The highest BCUT2D eigenvalue weighted by atomic mass is 16.5. The van der Waals surface area contributed by atoms with Crippen LogP contribution < -0.4 is 5.32 Å². The van der Waals surface area contributed by atoms with Crippen LogP contribution in [0.4, 0.5) is 0 Å². The highest BCUT2D eigenvalue weighted by Gasteiger charge is 2.10. The van der Waals surface area contributed by atoms with E-state index in [1.165, 1.54) is 12.8 Å². The van der Waals surface area contributed by atoms with Crippen LogP contribution in [0.15, 0.2) is 0 Å². The normalized spacial score (nSPS) is 31.3. The van der Waals surface area contributed by atoms with Gasteiger partial charge in [-0.1, -0.05) is 0 Å². The molecule has 0 bridgehead atoms. The van der Waals surface area contributed by atoms with E-state index in [1.54, 1.807) is 7.11 Å². The Kier molecular flexibility index (Phi) is 1.65. The lowest BCUT2D eigenvalue weighted by molar-refractivity contribution is 0.0912. The van der Waals surface area contributed by atoms with Crippen molar-refractivity contribution in [3.8, 4) is 0 Å². The molecule has 1 heterocycles. The minimum atomic E-state index is 0.347. The largest absolute Gasteiger partial charge is 0.367 e. The highest BCUT2D eigenvalue weighted by molar-refractivity contribution is 4.63. The Labute approximate surface area is 43.9 Å². The summed E-state index contributed by atoms with van der Waals surface area (Å²) in [4.78, 5) is 0. The molecule has 1 rings (SSSR count). The maximum Gasteiger partial charge on any atom is 0.107 e. The van der Waals surface area contributed by atoms with Crippen LogP contribution in [0, 0.1) is 0 Å². The first-order valence-electron chi connectivity index (χ1n) is 2.69. The van der Waals surface area contributed by atoms with E-state index in [9.17, 15) is 0 Å². The number of hydrogen-bond acceptors (Lipinski definition) is 2. The van der Waals surface area contributed by atoms with Crippen molar-refractivity contribution in [1.29, 1.82) is 0 Å². The second-order valence-corrected chi connectivity index (χ2v) is 1.82. The summed E-state index contributed by atoms with van der Waals surface area (Å²) in [5.41, 5.74) is 0. The number of rotatable bonds is 1. The van der Waals surface area contributed by atoms with E-state index in [0.29, 0.717) is 6.23 Å². The predicted octanol–water partition coefficient (Wildman–Crippen LogP) is 0.342. The summed E-state index contributed by atoms with van der Waals surface area (Å²) >= 11 is 0. The Bertz CT molecular complexity index is 50.0. The highest BCUT2D eigenvalue weighted by Crippen LogP contribution is 2.03. The molecule has 0 aliphatic carbocycles. The van der Waals surface area contributed by atoms with Crippen LogP contribution in [-0.2, 0) is 4.74 Å². The molecule has 0 aromatic heterocycles. The van der Waals surface area contributed by atoms with Crippen molar-refractivity contribution in [2.24, 2.45) is 0 Å². The first-order valence-corrected chi connectivity index (χ1v) is 2.69. The first kappa shape index (κ1) is 5.06. The fourth-order valence-electron chi connectivity index (χ4n) is 0.854. The molecule has 7 heavy (non-hydrogen) atoms. The maximum atomic E-state index is 5.00. The zero-order valence-corrected chi connectivity index (χ0v) is 4.61. The van der Waals surface area contributed by atoms with Crippen molar-refractivity contribution in [1.82, 2.24) is 5.32 Å². The third-order valence-corrected chi connectivity index (χ3v) is 1.30. The minimum Gasteiger partial charge on any atom is -0.367 e. The average molecular weight is 101 g/mol. The maximum absolute atomic E-state index is 5.00. The van der Waals surface area contributed by atoms with Crippen LogP contribution in [0.2, 0.25) is 0 Å². The molecule has 1 saturated heterocycles. The summed E-state index contributed by atoms with van der Waals surface area (Å²) in [5.74, 6) is 0. The van der Waals surface area contributed by atoms with Gasteiger partial charge in [0, 0.05) is 7.11 Å².